The molecule has 0 N–H and O–H groups in total. The van der Waals surface area contributed by atoms with Crippen molar-refractivity contribution in [1.29, 1.82) is 0 Å². The van der Waals surface area contributed by atoms with Crippen molar-refractivity contribution in [3.8, 4) is 0 Å². The van der Waals surface area contributed by atoms with Crippen molar-refractivity contribution < 1.29 is 0 Å². The Labute approximate surface area is 144 Å². The first-order valence-corrected chi connectivity index (χ1v) is 7.80. The van der Waals surface area contributed by atoms with Crippen molar-refractivity contribution in [2.45, 2.75) is 33.2 Å². The monoisotopic (exact) mass is 326 g/mol. The van der Waals surface area contributed by atoms with E-state index < -0.39 is 0 Å². The fraction of sp³-hybridized carbons (Fsp3) is 0.250. The minimum Gasteiger partial charge on any atom is -0.339 e. The summed E-state index contributed by atoms with van der Waals surface area (Å²) in [6.07, 6.45) is 5.87. The lowest BCUT2D eigenvalue weighted by atomic mass is 10.1. The van der Waals surface area contributed by atoms with Crippen LogP contribution in [0.15, 0.2) is 55.3 Å². The van der Waals surface area contributed by atoms with Crippen LogP contribution in [0.3, 0.4) is 0 Å². The maximum atomic E-state index is 4.66. The van der Waals surface area contributed by atoms with Crippen molar-refractivity contribution >= 4 is 23.3 Å². The Morgan fingerprint density at radius 1 is 1.09 bits per heavy atom. The smallest absolute Gasteiger partial charge is 0.0707 e. The molecule has 0 radical (unpaired) electrons. The molecule has 0 fully saturated rings. The second kappa shape index (κ2) is 7.47. The van der Waals surface area contributed by atoms with E-state index in [-0.39, 0.29) is 12.4 Å². The lowest BCUT2D eigenvalue weighted by Crippen LogP contribution is -2.02. The fourth-order valence-electron chi connectivity index (χ4n) is 3.11. The zero-order valence-electron chi connectivity index (χ0n) is 13.7. The molecule has 1 aromatic carbocycles. The highest BCUT2D eigenvalue weighted by molar-refractivity contribution is 5.87. The van der Waals surface area contributed by atoms with Crippen LogP contribution in [0.5, 0.6) is 0 Å². The van der Waals surface area contributed by atoms with Gasteiger partial charge in [-0.3, -0.25) is 4.98 Å². The molecule has 0 atom stereocenters. The number of hydrogen-bond donors (Lipinski definition) is 0. The minimum absolute atomic E-state index is 0. The Kier molecular flexibility index (Phi) is 5.62. The molecule has 23 heavy (non-hydrogen) atoms. The maximum Gasteiger partial charge on any atom is 0.0707 e. The Bertz CT molecular complexity index is 803. The third kappa shape index (κ3) is 3.32. The topological polar surface area (TPSA) is 17.8 Å². The molecule has 0 spiro atoms. The Morgan fingerprint density at radius 2 is 1.83 bits per heavy atom. The number of benzene rings is 1. The van der Waals surface area contributed by atoms with Gasteiger partial charge in [0.05, 0.1) is 11.2 Å². The molecule has 3 heteroatoms. The number of allylic oxidation sites excluding steroid dienone is 1. The molecular weight excluding hydrogens is 304 g/mol. The first kappa shape index (κ1) is 17.3. The predicted octanol–water partition coefficient (Wildman–Crippen LogP) is 5.05. The molecule has 2 aromatic heterocycles. The van der Waals surface area contributed by atoms with Gasteiger partial charge in [0, 0.05) is 23.8 Å². The summed E-state index contributed by atoms with van der Waals surface area (Å²) in [5, 5.41) is 1.32. The number of aromatic nitrogens is 2. The maximum absolute atomic E-state index is 4.66. The van der Waals surface area contributed by atoms with Gasteiger partial charge in [-0.15, -0.1) is 19.0 Å². The van der Waals surface area contributed by atoms with Crippen molar-refractivity contribution in [3.63, 3.8) is 0 Å². The van der Waals surface area contributed by atoms with Gasteiger partial charge >= 0.3 is 0 Å². The summed E-state index contributed by atoms with van der Waals surface area (Å²) in [6.45, 7) is 9.10. The highest BCUT2D eigenvalue weighted by atomic mass is 35.5. The van der Waals surface area contributed by atoms with Gasteiger partial charge in [0.2, 0.25) is 0 Å². The standard InChI is InChI=1S/C20H22N2.ClH/c1-4-14-22-16(3)15(2)18-12-13-21-19(20(18)22)11-10-17-8-6-5-7-9-17;/h4-9,12-13H,1,10-11,14H2,2-3H3;1H. The molecule has 0 unspecified atom stereocenters. The second-order valence-corrected chi connectivity index (χ2v) is 5.75. The van der Waals surface area contributed by atoms with Crippen LogP contribution in [0.2, 0.25) is 0 Å². The van der Waals surface area contributed by atoms with Gasteiger partial charge in [-0.2, -0.15) is 0 Å². The third-order valence-electron chi connectivity index (χ3n) is 4.43. The van der Waals surface area contributed by atoms with Gasteiger partial charge in [-0.1, -0.05) is 36.4 Å². The number of nitrogens with zero attached hydrogens (tertiary/aromatic N) is 2. The average Bonchev–Trinajstić information content (AvgIpc) is 2.80. The van der Waals surface area contributed by atoms with Crippen LogP contribution < -0.4 is 0 Å². The van der Waals surface area contributed by atoms with Gasteiger partial charge in [-0.05, 0) is 43.9 Å². The van der Waals surface area contributed by atoms with Crippen molar-refractivity contribution in [3.05, 3.63) is 77.8 Å². The summed E-state index contributed by atoms with van der Waals surface area (Å²) in [5.41, 5.74) is 6.47. The molecule has 120 valence electrons. The fourth-order valence-corrected chi connectivity index (χ4v) is 3.11. The average molecular weight is 327 g/mol. The zero-order valence-corrected chi connectivity index (χ0v) is 14.6. The van der Waals surface area contributed by atoms with Crippen molar-refractivity contribution in [2.75, 3.05) is 0 Å². The summed E-state index contributed by atoms with van der Waals surface area (Å²) >= 11 is 0. The molecule has 0 saturated carbocycles. The lowest BCUT2D eigenvalue weighted by Gasteiger charge is -2.09. The normalized spacial score (nSPS) is 10.5. The molecule has 0 aliphatic rings. The van der Waals surface area contributed by atoms with Crippen LogP contribution in [0.1, 0.15) is 22.5 Å². The van der Waals surface area contributed by atoms with Gasteiger partial charge in [-0.25, -0.2) is 0 Å². The first-order valence-electron chi connectivity index (χ1n) is 7.80. The van der Waals surface area contributed by atoms with E-state index in [1.165, 1.54) is 33.4 Å². The van der Waals surface area contributed by atoms with Crippen LogP contribution in [0, 0.1) is 13.8 Å². The van der Waals surface area contributed by atoms with Gasteiger partial charge in [0.1, 0.15) is 0 Å². The zero-order chi connectivity index (χ0) is 15.5. The van der Waals surface area contributed by atoms with E-state index in [0.29, 0.717) is 0 Å². The van der Waals surface area contributed by atoms with E-state index >= 15 is 0 Å². The van der Waals surface area contributed by atoms with E-state index in [9.17, 15) is 0 Å². The number of rotatable bonds is 5. The van der Waals surface area contributed by atoms with E-state index in [0.717, 1.165) is 19.4 Å². The molecule has 0 aliphatic heterocycles. The first-order chi connectivity index (χ1) is 10.7. The van der Waals surface area contributed by atoms with Gasteiger partial charge < -0.3 is 4.57 Å². The minimum atomic E-state index is 0. The molecule has 0 saturated heterocycles. The van der Waals surface area contributed by atoms with Crippen LogP contribution in [0.25, 0.3) is 10.9 Å². The number of aryl methyl sites for hydroxylation is 3. The van der Waals surface area contributed by atoms with Gasteiger partial charge in [0.25, 0.3) is 0 Å². The summed E-state index contributed by atoms with van der Waals surface area (Å²) in [6, 6.07) is 12.7. The third-order valence-corrected chi connectivity index (χ3v) is 4.43. The number of hydrogen-bond acceptors (Lipinski definition) is 1. The highest BCUT2D eigenvalue weighted by Crippen LogP contribution is 2.27. The second-order valence-electron chi connectivity index (χ2n) is 5.75. The van der Waals surface area contributed by atoms with E-state index in [1.807, 2.05) is 12.3 Å². The van der Waals surface area contributed by atoms with Crippen LogP contribution in [-0.4, -0.2) is 9.55 Å². The van der Waals surface area contributed by atoms with E-state index in [2.05, 4.69) is 66.4 Å². The molecule has 2 heterocycles. The Hall–Kier alpha value is -2.06. The number of pyridine rings is 1. The number of halogens is 1. The van der Waals surface area contributed by atoms with E-state index in [4.69, 9.17) is 0 Å². The van der Waals surface area contributed by atoms with Gasteiger partial charge in [0.15, 0.2) is 0 Å². The highest BCUT2D eigenvalue weighted by Gasteiger charge is 2.14. The molecule has 0 aliphatic carbocycles. The molecule has 3 rings (SSSR count). The molecule has 2 nitrogen and oxygen atoms in total. The SMILES string of the molecule is C=CCn1c(C)c(C)c2ccnc(CCc3ccccc3)c21.Cl. The van der Waals surface area contributed by atoms with Crippen LogP contribution >= 0.6 is 12.4 Å². The molecule has 0 amide bonds. The van der Waals surface area contributed by atoms with Crippen molar-refractivity contribution in [2.24, 2.45) is 0 Å². The summed E-state index contributed by atoms with van der Waals surface area (Å²) in [4.78, 5) is 4.66. The largest absolute Gasteiger partial charge is 0.339 e. The summed E-state index contributed by atoms with van der Waals surface area (Å²) < 4.78 is 2.34. The van der Waals surface area contributed by atoms with Crippen LogP contribution in [-0.2, 0) is 19.4 Å². The summed E-state index contributed by atoms with van der Waals surface area (Å²) in [5.74, 6) is 0. The molecular formula is C20H23ClN2. The predicted molar refractivity (Wildman–Crippen MR) is 101 cm³/mol. The molecule has 0 bridgehead atoms. The Balaban J connectivity index is 0.00000192. The summed E-state index contributed by atoms with van der Waals surface area (Å²) in [7, 11) is 0. The Morgan fingerprint density at radius 3 is 2.52 bits per heavy atom. The van der Waals surface area contributed by atoms with Crippen molar-refractivity contribution in [1.82, 2.24) is 9.55 Å². The number of fused-ring (bicyclic) bond motifs is 1. The van der Waals surface area contributed by atoms with Crippen LogP contribution in [0.4, 0.5) is 0 Å². The van der Waals surface area contributed by atoms with E-state index in [1.54, 1.807) is 0 Å². The quantitative estimate of drug-likeness (QED) is 0.600. The molecule has 3 aromatic rings. The lowest BCUT2D eigenvalue weighted by molar-refractivity contribution is 0.808.